The number of hydrogen-bond acceptors (Lipinski definition) is 6. The molecule has 2 heterocycles. The van der Waals surface area contributed by atoms with E-state index in [4.69, 9.17) is 16.0 Å². The number of amides is 2. The quantitative estimate of drug-likeness (QED) is 0.221. The maximum absolute atomic E-state index is 13.1. The predicted molar refractivity (Wildman–Crippen MR) is 153 cm³/mol. The Hall–Kier alpha value is -3.94. The Kier molecular flexibility index (Phi) is 8.26. The molecule has 5 rings (SSSR count). The standard InChI is InChI=1S/C28H21ClF3N3O5S2/c29-24-12-9-20(14-23(24)28(30,31)32)34-42(38,39)22-10-7-19(8-11-22)33-26(37)17-3-5-18(6-4-17)27-35(25(36)16-41-27)15-21-2-1-13-40-21/h1-14,27,34H,15-16H2,(H,33,37)/t27-/m0/s1. The van der Waals surface area contributed by atoms with Gasteiger partial charge in [0, 0.05) is 16.9 Å². The minimum Gasteiger partial charge on any atom is -0.467 e. The number of furan rings is 1. The van der Waals surface area contributed by atoms with Crippen molar-refractivity contribution in [2.45, 2.75) is 23.0 Å². The molecule has 0 aliphatic carbocycles. The van der Waals surface area contributed by atoms with Crippen molar-refractivity contribution in [2.75, 3.05) is 15.8 Å². The van der Waals surface area contributed by atoms with E-state index in [1.165, 1.54) is 36.0 Å². The molecule has 218 valence electrons. The molecule has 0 radical (unpaired) electrons. The van der Waals surface area contributed by atoms with Crippen LogP contribution in [0, 0.1) is 0 Å². The van der Waals surface area contributed by atoms with Crippen molar-refractivity contribution in [3.8, 4) is 0 Å². The van der Waals surface area contributed by atoms with Crippen molar-refractivity contribution >= 4 is 56.6 Å². The van der Waals surface area contributed by atoms with Gasteiger partial charge in [-0.3, -0.25) is 14.3 Å². The third-order valence-electron chi connectivity index (χ3n) is 6.28. The lowest BCUT2D eigenvalue weighted by Gasteiger charge is -2.23. The second-order valence-electron chi connectivity index (χ2n) is 9.16. The minimum absolute atomic E-state index is 0.0110. The molecule has 3 aromatic carbocycles. The molecule has 1 saturated heterocycles. The molecular formula is C28H21ClF3N3O5S2. The molecule has 42 heavy (non-hydrogen) atoms. The van der Waals surface area contributed by atoms with Crippen LogP contribution in [0.3, 0.4) is 0 Å². The van der Waals surface area contributed by atoms with Gasteiger partial charge in [0.05, 0.1) is 34.0 Å². The van der Waals surface area contributed by atoms with Crippen LogP contribution in [-0.4, -0.2) is 30.9 Å². The van der Waals surface area contributed by atoms with Crippen molar-refractivity contribution in [1.82, 2.24) is 4.90 Å². The average molecular weight is 636 g/mol. The molecular weight excluding hydrogens is 615 g/mol. The van der Waals surface area contributed by atoms with Crippen molar-refractivity contribution in [2.24, 2.45) is 0 Å². The molecule has 2 N–H and O–H groups in total. The van der Waals surface area contributed by atoms with Gasteiger partial charge in [0.15, 0.2) is 0 Å². The van der Waals surface area contributed by atoms with Crippen LogP contribution in [0.1, 0.15) is 32.6 Å². The molecule has 4 aromatic rings. The largest absolute Gasteiger partial charge is 0.467 e. The third-order valence-corrected chi connectivity index (χ3v) is 9.26. The number of nitrogens with one attached hydrogen (secondary N) is 2. The van der Waals surface area contributed by atoms with E-state index in [0.29, 0.717) is 35.4 Å². The average Bonchev–Trinajstić information content (AvgIpc) is 3.59. The normalized spacial score (nSPS) is 15.6. The van der Waals surface area contributed by atoms with Gasteiger partial charge in [-0.25, -0.2) is 8.42 Å². The van der Waals surface area contributed by atoms with Gasteiger partial charge in [0.25, 0.3) is 15.9 Å². The van der Waals surface area contributed by atoms with Crippen molar-refractivity contribution in [1.29, 1.82) is 0 Å². The monoisotopic (exact) mass is 635 g/mol. The molecule has 0 bridgehead atoms. The number of halogens is 4. The zero-order valence-electron chi connectivity index (χ0n) is 21.4. The zero-order valence-corrected chi connectivity index (χ0v) is 23.8. The van der Waals surface area contributed by atoms with Gasteiger partial charge in [-0.15, -0.1) is 11.8 Å². The summed E-state index contributed by atoms with van der Waals surface area (Å²) in [4.78, 5) is 26.7. The lowest BCUT2D eigenvalue weighted by atomic mass is 10.1. The highest BCUT2D eigenvalue weighted by molar-refractivity contribution is 8.00. The number of rotatable bonds is 8. The van der Waals surface area contributed by atoms with Crippen LogP contribution < -0.4 is 10.0 Å². The Morgan fingerprint density at radius 1 is 1.02 bits per heavy atom. The van der Waals surface area contributed by atoms with Gasteiger partial charge in [-0.2, -0.15) is 13.2 Å². The first-order valence-corrected chi connectivity index (χ1v) is 15.2. The number of anilines is 2. The van der Waals surface area contributed by atoms with E-state index in [9.17, 15) is 31.2 Å². The second-order valence-corrected chi connectivity index (χ2v) is 12.3. The molecule has 2 amide bonds. The van der Waals surface area contributed by atoms with Gasteiger partial charge in [-0.05, 0) is 72.3 Å². The van der Waals surface area contributed by atoms with Crippen LogP contribution >= 0.6 is 23.4 Å². The number of carbonyl (C=O) groups is 2. The van der Waals surface area contributed by atoms with Gasteiger partial charge >= 0.3 is 6.18 Å². The van der Waals surface area contributed by atoms with E-state index in [1.54, 1.807) is 47.6 Å². The molecule has 1 atom stereocenters. The highest BCUT2D eigenvalue weighted by Gasteiger charge is 2.34. The Labute approximate surface area is 247 Å². The maximum Gasteiger partial charge on any atom is 0.417 e. The number of carbonyl (C=O) groups excluding carboxylic acids is 2. The summed E-state index contributed by atoms with van der Waals surface area (Å²) in [7, 11) is -4.23. The summed E-state index contributed by atoms with van der Waals surface area (Å²) < 4.78 is 72.3. The number of thioether (sulfide) groups is 1. The Morgan fingerprint density at radius 2 is 1.71 bits per heavy atom. The molecule has 0 spiro atoms. The fourth-order valence-electron chi connectivity index (χ4n) is 4.21. The van der Waals surface area contributed by atoms with E-state index >= 15 is 0 Å². The number of hydrogen-bond donors (Lipinski definition) is 2. The van der Waals surface area contributed by atoms with Gasteiger partial charge in [0.2, 0.25) is 5.91 Å². The second kappa shape index (κ2) is 11.7. The topological polar surface area (TPSA) is 109 Å². The van der Waals surface area contributed by atoms with Crippen molar-refractivity contribution in [3.05, 3.63) is 113 Å². The summed E-state index contributed by atoms with van der Waals surface area (Å²) in [6, 6.07) is 18.2. The molecule has 1 aliphatic heterocycles. The van der Waals surface area contributed by atoms with E-state index in [-0.39, 0.29) is 21.9 Å². The maximum atomic E-state index is 13.1. The zero-order chi connectivity index (χ0) is 30.1. The fraction of sp³-hybridized carbons (Fsp3) is 0.143. The van der Waals surface area contributed by atoms with E-state index < -0.39 is 32.7 Å². The molecule has 1 aliphatic rings. The van der Waals surface area contributed by atoms with Crippen molar-refractivity contribution in [3.63, 3.8) is 0 Å². The van der Waals surface area contributed by atoms with E-state index in [1.807, 2.05) is 0 Å². The molecule has 0 unspecified atom stereocenters. The summed E-state index contributed by atoms with van der Waals surface area (Å²) in [6.07, 6.45) is -3.21. The van der Waals surface area contributed by atoms with Gasteiger partial charge in [-0.1, -0.05) is 23.7 Å². The summed E-state index contributed by atoms with van der Waals surface area (Å²) in [5, 5.41) is 1.89. The Bertz CT molecular complexity index is 1710. The molecule has 14 heteroatoms. The highest BCUT2D eigenvalue weighted by Crippen LogP contribution is 2.40. The first-order chi connectivity index (χ1) is 19.9. The Balaban J connectivity index is 1.23. The number of nitrogens with zero attached hydrogens (tertiary/aromatic N) is 1. The first kappa shape index (κ1) is 29.5. The number of benzene rings is 3. The molecule has 1 aromatic heterocycles. The predicted octanol–water partition coefficient (Wildman–Crippen LogP) is 6.78. The number of alkyl halides is 3. The van der Waals surface area contributed by atoms with Crippen LogP contribution in [-0.2, 0) is 27.5 Å². The van der Waals surface area contributed by atoms with E-state index in [2.05, 4.69) is 10.0 Å². The van der Waals surface area contributed by atoms with Crippen LogP contribution in [0.2, 0.25) is 5.02 Å². The molecule has 1 fully saturated rings. The van der Waals surface area contributed by atoms with Crippen LogP contribution in [0.5, 0.6) is 0 Å². The Morgan fingerprint density at radius 3 is 2.36 bits per heavy atom. The van der Waals surface area contributed by atoms with Crippen LogP contribution in [0.15, 0.2) is 94.4 Å². The fourth-order valence-corrected chi connectivity index (χ4v) is 6.67. The summed E-state index contributed by atoms with van der Waals surface area (Å²) in [5.74, 6) is 0.548. The summed E-state index contributed by atoms with van der Waals surface area (Å²) >= 11 is 7.07. The molecule has 8 nitrogen and oxygen atoms in total. The third kappa shape index (κ3) is 6.58. The summed E-state index contributed by atoms with van der Waals surface area (Å²) in [6.45, 7) is 0.335. The van der Waals surface area contributed by atoms with Gasteiger partial charge in [0.1, 0.15) is 11.1 Å². The SMILES string of the molecule is O=C(Nc1ccc(S(=O)(=O)Nc2ccc(Cl)c(C(F)(F)F)c2)cc1)c1ccc([C@@H]2SCC(=O)N2Cc2ccco2)cc1. The molecule has 0 saturated carbocycles. The number of sulfonamides is 1. The van der Waals surface area contributed by atoms with Gasteiger partial charge < -0.3 is 14.6 Å². The van der Waals surface area contributed by atoms with Crippen LogP contribution in [0.4, 0.5) is 24.5 Å². The smallest absolute Gasteiger partial charge is 0.417 e. The lowest BCUT2D eigenvalue weighted by molar-refractivity contribution is -0.137. The summed E-state index contributed by atoms with van der Waals surface area (Å²) in [5.41, 5.74) is 0.0101. The minimum atomic E-state index is -4.76. The van der Waals surface area contributed by atoms with E-state index in [0.717, 1.165) is 17.7 Å². The van der Waals surface area contributed by atoms with Crippen LogP contribution in [0.25, 0.3) is 0 Å². The van der Waals surface area contributed by atoms with Crippen molar-refractivity contribution < 1.29 is 35.6 Å². The first-order valence-electron chi connectivity index (χ1n) is 12.2. The highest BCUT2D eigenvalue weighted by atomic mass is 35.5. The lowest BCUT2D eigenvalue weighted by Crippen LogP contribution is -2.27.